The van der Waals surface area contributed by atoms with Crippen LogP contribution in [0.2, 0.25) is 0 Å². The highest BCUT2D eigenvalue weighted by Crippen LogP contribution is 2.47. The zero-order valence-electron chi connectivity index (χ0n) is 17.4. The van der Waals surface area contributed by atoms with Crippen LogP contribution in [-0.2, 0) is 21.0 Å². The summed E-state index contributed by atoms with van der Waals surface area (Å²) in [5, 5.41) is 0. The highest BCUT2D eigenvalue weighted by atomic mass is 32.2. The molecule has 0 N–H and O–H groups in total. The Balaban J connectivity index is 1.36. The number of rotatable bonds is 5. The second-order valence-electron chi connectivity index (χ2n) is 8.15. The lowest BCUT2D eigenvalue weighted by Crippen LogP contribution is -2.50. The van der Waals surface area contributed by atoms with Crippen LogP contribution in [0, 0.1) is 5.92 Å². The van der Waals surface area contributed by atoms with Gasteiger partial charge < -0.3 is 9.32 Å². The summed E-state index contributed by atoms with van der Waals surface area (Å²) in [7, 11) is -4.09. The van der Waals surface area contributed by atoms with Gasteiger partial charge in [0.1, 0.15) is 11.5 Å². The monoisotopic (exact) mass is 468 g/mol. The van der Waals surface area contributed by atoms with Gasteiger partial charge in [0.15, 0.2) is 0 Å². The third kappa shape index (κ3) is 4.75. The largest absolute Gasteiger partial charge is 0.461 e. The summed E-state index contributed by atoms with van der Waals surface area (Å²) in [5.41, 5.74) is -1.02. The van der Waals surface area contributed by atoms with Gasteiger partial charge in [-0.15, -0.1) is 0 Å². The quantitative estimate of drug-likeness (QED) is 0.623. The number of nitrogens with zero attached hydrogens (tertiary/aromatic N) is 2. The van der Waals surface area contributed by atoms with Gasteiger partial charge in [0.2, 0.25) is 15.9 Å². The minimum absolute atomic E-state index is 0.00261. The maximum absolute atomic E-state index is 12.9. The fourth-order valence-corrected chi connectivity index (χ4v) is 5.23. The number of carbonyl (C=O) groups excluding carboxylic acids is 1. The molecule has 0 unspecified atom stereocenters. The predicted octanol–water partition coefficient (Wildman–Crippen LogP) is 3.97. The van der Waals surface area contributed by atoms with E-state index in [9.17, 15) is 26.4 Å². The Morgan fingerprint density at radius 3 is 2.44 bits per heavy atom. The lowest BCUT2D eigenvalue weighted by molar-refractivity contribution is -0.137. The van der Waals surface area contributed by atoms with E-state index in [1.165, 1.54) is 11.0 Å². The maximum Gasteiger partial charge on any atom is 0.416 e. The first-order chi connectivity index (χ1) is 15.1. The molecule has 1 aromatic heterocycles. The third-order valence-corrected chi connectivity index (χ3v) is 7.76. The molecule has 1 saturated heterocycles. The van der Waals surface area contributed by atoms with E-state index in [-0.39, 0.29) is 32.1 Å². The molecule has 2 fully saturated rings. The average molecular weight is 468 g/mol. The van der Waals surface area contributed by atoms with E-state index in [0.717, 1.165) is 34.7 Å². The first-order valence-corrected chi connectivity index (χ1v) is 11.7. The molecule has 1 aromatic carbocycles. The Labute approximate surface area is 184 Å². The first kappa shape index (κ1) is 22.6. The molecule has 1 amide bonds. The predicted molar refractivity (Wildman–Crippen MR) is 111 cm³/mol. The Morgan fingerprint density at radius 1 is 1.12 bits per heavy atom. The second kappa shape index (κ2) is 8.40. The van der Waals surface area contributed by atoms with Crippen LogP contribution in [0.25, 0.3) is 6.08 Å². The van der Waals surface area contributed by atoms with Crippen molar-refractivity contribution in [3.63, 3.8) is 0 Å². The Kier molecular flexibility index (Phi) is 5.93. The van der Waals surface area contributed by atoms with Gasteiger partial charge in [-0.2, -0.15) is 17.5 Å². The van der Waals surface area contributed by atoms with Crippen molar-refractivity contribution in [3.05, 3.63) is 59.6 Å². The van der Waals surface area contributed by atoms with Crippen molar-refractivity contribution < 1.29 is 30.8 Å². The molecule has 0 spiro atoms. The van der Waals surface area contributed by atoms with Crippen LogP contribution in [0.1, 0.15) is 36.3 Å². The zero-order valence-corrected chi connectivity index (χ0v) is 18.2. The van der Waals surface area contributed by atoms with Crippen LogP contribution in [0.3, 0.4) is 0 Å². The molecule has 1 aliphatic carbocycles. The zero-order chi connectivity index (χ0) is 23.1. The lowest BCUT2D eigenvalue weighted by Gasteiger charge is -2.33. The number of benzene rings is 1. The average Bonchev–Trinajstić information content (AvgIpc) is 3.31. The Hall–Kier alpha value is -2.59. The minimum atomic E-state index is -4.63. The summed E-state index contributed by atoms with van der Waals surface area (Å²) >= 11 is 0. The van der Waals surface area contributed by atoms with Gasteiger partial charge in [0, 0.05) is 38.2 Å². The second-order valence-corrected chi connectivity index (χ2v) is 10.1. The minimum Gasteiger partial charge on any atom is -0.461 e. The molecule has 1 saturated carbocycles. The van der Waals surface area contributed by atoms with Crippen molar-refractivity contribution in [1.82, 2.24) is 9.21 Å². The number of carbonyl (C=O) groups is 1. The van der Waals surface area contributed by atoms with Crippen molar-refractivity contribution in [1.29, 1.82) is 0 Å². The number of furan rings is 1. The summed E-state index contributed by atoms with van der Waals surface area (Å²) in [6.07, 6.45) is -0.557. The standard InChI is InChI=1S/C22H23F3N2O4S/c1-15-13-19(15)20-7-5-17(31-20)6-8-21(28)26-9-11-27(12-10-26)32(29,30)18-4-2-3-16(14-18)22(23,24)25/h2-8,14-15,19H,9-13H2,1H3/b8-6+/t15-,19+/m1/s1. The fraction of sp³-hybridized carbons (Fsp3) is 0.409. The molecule has 2 aromatic rings. The van der Waals surface area contributed by atoms with Crippen LogP contribution in [0.5, 0.6) is 0 Å². The van der Waals surface area contributed by atoms with Crippen LogP contribution in [-0.4, -0.2) is 49.7 Å². The van der Waals surface area contributed by atoms with Gasteiger partial charge >= 0.3 is 6.18 Å². The molecule has 2 atom stereocenters. The molecule has 4 rings (SSSR count). The SMILES string of the molecule is C[C@@H]1C[C@@H]1c1ccc(/C=C/C(=O)N2CCN(S(=O)(=O)c3cccc(C(F)(F)F)c3)CC2)o1. The van der Waals surface area contributed by atoms with Gasteiger partial charge in [0.25, 0.3) is 0 Å². The lowest BCUT2D eigenvalue weighted by atomic mass is 10.2. The molecule has 32 heavy (non-hydrogen) atoms. The number of alkyl halides is 3. The summed E-state index contributed by atoms with van der Waals surface area (Å²) in [6.45, 7) is 2.44. The van der Waals surface area contributed by atoms with E-state index < -0.39 is 26.7 Å². The molecular formula is C22H23F3N2O4S. The van der Waals surface area contributed by atoms with E-state index in [1.807, 2.05) is 12.1 Å². The van der Waals surface area contributed by atoms with Gasteiger partial charge in [-0.3, -0.25) is 4.79 Å². The summed E-state index contributed by atoms with van der Waals surface area (Å²) in [6, 6.07) is 7.40. The van der Waals surface area contributed by atoms with Crippen LogP contribution in [0.4, 0.5) is 13.2 Å². The van der Waals surface area contributed by atoms with Gasteiger partial charge in [-0.05, 0) is 48.7 Å². The molecule has 6 nitrogen and oxygen atoms in total. The van der Waals surface area contributed by atoms with Crippen molar-refractivity contribution in [3.8, 4) is 0 Å². The topological polar surface area (TPSA) is 70.8 Å². The number of piperazine rings is 1. The van der Waals surface area contributed by atoms with E-state index in [1.54, 1.807) is 6.08 Å². The van der Waals surface area contributed by atoms with Gasteiger partial charge in [0.05, 0.1) is 10.5 Å². The van der Waals surface area contributed by atoms with E-state index in [4.69, 9.17) is 4.42 Å². The fourth-order valence-electron chi connectivity index (χ4n) is 3.77. The number of hydrogen-bond acceptors (Lipinski definition) is 4. The normalized spacial score (nSPS) is 22.4. The molecule has 2 aliphatic rings. The molecule has 10 heteroatoms. The molecular weight excluding hydrogens is 445 g/mol. The van der Waals surface area contributed by atoms with Crippen LogP contribution >= 0.6 is 0 Å². The smallest absolute Gasteiger partial charge is 0.416 e. The van der Waals surface area contributed by atoms with Crippen molar-refractivity contribution >= 4 is 22.0 Å². The van der Waals surface area contributed by atoms with Crippen molar-refractivity contribution in [2.24, 2.45) is 5.92 Å². The molecule has 1 aliphatic heterocycles. The van der Waals surface area contributed by atoms with Crippen LogP contribution < -0.4 is 0 Å². The molecule has 0 radical (unpaired) electrons. The van der Waals surface area contributed by atoms with E-state index in [0.29, 0.717) is 23.7 Å². The highest BCUT2D eigenvalue weighted by molar-refractivity contribution is 7.89. The Bertz CT molecular complexity index is 1130. The van der Waals surface area contributed by atoms with Gasteiger partial charge in [-0.1, -0.05) is 13.0 Å². The molecule has 0 bridgehead atoms. The van der Waals surface area contributed by atoms with Crippen molar-refractivity contribution in [2.75, 3.05) is 26.2 Å². The van der Waals surface area contributed by atoms with Crippen molar-refractivity contribution in [2.45, 2.75) is 30.3 Å². The Morgan fingerprint density at radius 2 is 1.81 bits per heavy atom. The summed E-state index contributed by atoms with van der Waals surface area (Å²) in [5.74, 6) is 2.28. The van der Waals surface area contributed by atoms with E-state index in [2.05, 4.69) is 6.92 Å². The van der Waals surface area contributed by atoms with Gasteiger partial charge in [-0.25, -0.2) is 8.42 Å². The van der Waals surface area contributed by atoms with Crippen LogP contribution in [0.15, 0.2) is 51.8 Å². The molecule has 172 valence electrons. The number of halogens is 3. The number of sulfonamides is 1. The number of amides is 1. The van der Waals surface area contributed by atoms with E-state index >= 15 is 0 Å². The maximum atomic E-state index is 12.9. The third-order valence-electron chi connectivity index (χ3n) is 5.86. The first-order valence-electron chi connectivity index (χ1n) is 10.3. The summed E-state index contributed by atoms with van der Waals surface area (Å²) in [4.78, 5) is 13.6. The highest BCUT2D eigenvalue weighted by Gasteiger charge is 2.37. The molecule has 2 heterocycles. The number of hydrogen-bond donors (Lipinski definition) is 0. The summed E-state index contributed by atoms with van der Waals surface area (Å²) < 4.78 is 71.2.